The first-order chi connectivity index (χ1) is 9.04. The molecule has 0 unspecified atom stereocenters. The van der Waals surface area contributed by atoms with Crippen molar-refractivity contribution in [2.24, 2.45) is 7.05 Å². The van der Waals surface area contributed by atoms with Crippen molar-refractivity contribution in [2.75, 3.05) is 0 Å². The van der Waals surface area contributed by atoms with E-state index in [1.54, 1.807) is 11.6 Å². The Kier molecular flexibility index (Phi) is 2.63. The molecule has 0 bridgehead atoms. The second-order valence-corrected chi connectivity index (χ2v) is 5.18. The number of hydrogen-bond donors (Lipinski definition) is 1. The molecular formula is C13H12BrN3O2. The molecule has 0 saturated carbocycles. The van der Waals surface area contributed by atoms with Crippen LogP contribution < -0.4 is 0 Å². The number of aryl methyl sites for hydroxylation is 2. The normalized spacial score (nSPS) is 11.5. The largest absolute Gasteiger partial charge is 0.476 e. The fourth-order valence-corrected chi connectivity index (χ4v) is 3.11. The number of imidazole rings is 2. The predicted octanol–water partition coefficient (Wildman–Crippen LogP) is 2.85. The Bertz CT molecular complexity index is 816. The summed E-state index contributed by atoms with van der Waals surface area (Å²) in [5.41, 5.74) is 3.19. The number of aromatic carboxylic acids is 1. The quantitative estimate of drug-likeness (QED) is 0.789. The van der Waals surface area contributed by atoms with Gasteiger partial charge in [0.15, 0.2) is 5.69 Å². The molecule has 2 heterocycles. The standard InChI is InChI=1S/C13H12BrN3O2/c1-3-7-4-5-9-8(6-7)15-13-16(2)10(12(18)19)11(14)17(9)13/h4-6H,3H2,1-2H3,(H,18,19). The summed E-state index contributed by atoms with van der Waals surface area (Å²) in [5.74, 6) is -0.356. The molecule has 0 amide bonds. The molecule has 19 heavy (non-hydrogen) atoms. The van der Waals surface area contributed by atoms with Crippen LogP contribution in [0.25, 0.3) is 16.8 Å². The van der Waals surface area contributed by atoms with E-state index in [1.165, 1.54) is 5.56 Å². The minimum atomic E-state index is -0.974. The predicted molar refractivity (Wildman–Crippen MR) is 75.7 cm³/mol. The molecule has 0 spiro atoms. The molecule has 0 atom stereocenters. The lowest BCUT2D eigenvalue weighted by Gasteiger charge is -1.98. The first-order valence-electron chi connectivity index (χ1n) is 5.93. The lowest BCUT2D eigenvalue weighted by molar-refractivity contribution is 0.0685. The molecule has 0 fully saturated rings. The van der Waals surface area contributed by atoms with E-state index in [9.17, 15) is 9.90 Å². The maximum Gasteiger partial charge on any atom is 0.355 e. The van der Waals surface area contributed by atoms with E-state index in [1.807, 2.05) is 22.6 Å². The zero-order valence-electron chi connectivity index (χ0n) is 10.5. The van der Waals surface area contributed by atoms with E-state index in [0.29, 0.717) is 10.4 Å². The van der Waals surface area contributed by atoms with Crippen LogP contribution in [0.4, 0.5) is 0 Å². The van der Waals surface area contributed by atoms with Gasteiger partial charge in [-0.3, -0.25) is 4.40 Å². The van der Waals surface area contributed by atoms with Gasteiger partial charge in [-0.1, -0.05) is 13.0 Å². The number of halogens is 1. The van der Waals surface area contributed by atoms with E-state index in [-0.39, 0.29) is 5.69 Å². The fourth-order valence-electron chi connectivity index (χ4n) is 2.33. The summed E-state index contributed by atoms with van der Waals surface area (Å²) in [6, 6.07) is 6.05. The van der Waals surface area contributed by atoms with Crippen LogP contribution in [0.3, 0.4) is 0 Å². The highest BCUT2D eigenvalue weighted by atomic mass is 79.9. The van der Waals surface area contributed by atoms with Crippen LogP contribution >= 0.6 is 15.9 Å². The second kappa shape index (κ2) is 4.09. The fraction of sp³-hybridized carbons (Fsp3) is 0.231. The Morgan fingerprint density at radius 1 is 1.47 bits per heavy atom. The number of aromatic nitrogens is 3. The van der Waals surface area contributed by atoms with Gasteiger partial charge in [0.05, 0.1) is 11.0 Å². The average molecular weight is 322 g/mol. The number of fused-ring (bicyclic) bond motifs is 3. The van der Waals surface area contributed by atoms with E-state index in [4.69, 9.17) is 0 Å². The average Bonchev–Trinajstić information content (AvgIpc) is 2.85. The molecule has 2 aromatic heterocycles. The molecular weight excluding hydrogens is 310 g/mol. The zero-order valence-corrected chi connectivity index (χ0v) is 12.1. The molecule has 5 nitrogen and oxygen atoms in total. The molecule has 1 N–H and O–H groups in total. The molecule has 3 rings (SSSR count). The topological polar surface area (TPSA) is 59.5 Å². The summed E-state index contributed by atoms with van der Waals surface area (Å²) in [6.07, 6.45) is 0.950. The van der Waals surface area contributed by atoms with E-state index in [2.05, 4.69) is 27.8 Å². The lowest BCUT2D eigenvalue weighted by atomic mass is 10.1. The van der Waals surface area contributed by atoms with Crippen molar-refractivity contribution in [3.8, 4) is 0 Å². The molecule has 0 aliphatic carbocycles. The maximum atomic E-state index is 11.3. The Labute approximate surface area is 117 Å². The van der Waals surface area contributed by atoms with Crippen molar-refractivity contribution < 1.29 is 9.90 Å². The molecule has 0 aliphatic heterocycles. The summed E-state index contributed by atoms with van der Waals surface area (Å²) < 4.78 is 3.92. The van der Waals surface area contributed by atoms with Gasteiger partial charge in [-0.25, -0.2) is 9.78 Å². The van der Waals surface area contributed by atoms with Crippen molar-refractivity contribution in [1.29, 1.82) is 0 Å². The SMILES string of the molecule is CCc1ccc2c(c1)nc1n(C)c(C(=O)O)c(Br)n21. The lowest BCUT2D eigenvalue weighted by Crippen LogP contribution is -2.05. The molecule has 98 valence electrons. The van der Waals surface area contributed by atoms with Gasteiger partial charge in [-0.05, 0) is 40.0 Å². The highest BCUT2D eigenvalue weighted by molar-refractivity contribution is 9.10. The monoisotopic (exact) mass is 321 g/mol. The summed E-state index contributed by atoms with van der Waals surface area (Å²) in [6.45, 7) is 2.09. The van der Waals surface area contributed by atoms with Crippen molar-refractivity contribution in [3.05, 3.63) is 34.1 Å². The van der Waals surface area contributed by atoms with Crippen LogP contribution in [-0.4, -0.2) is 25.0 Å². The van der Waals surface area contributed by atoms with Gasteiger partial charge in [-0.2, -0.15) is 0 Å². The maximum absolute atomic E-state index is 11.3. The molecule has 3 aromatic rings. The molecule has 1 aromatic carbocycles. The highest BCUT2D eigenvalue weighted by Crippen LogP contribution is 2.27. The van der Waals surface area contributed by atoms with Gasteiger partial charge in [0.25, 0.3) is 0 Å². The number of hydrogen-bond acceptors (Lipinski definition) is 2. The third-order valence-corrected chi connectivity index (χ3v) is 4.07. The third-order valence-electron chi connectivity index (χ3n) is 3.34. The Hall–Kier alpha value is -1.82. The third kappa shape index (κ3) is 1.59. The molecule has 0 aliphatic rings. The number of carboxylic acid groups (broad SMARTS) is 1. The van der Waals surface area contributed by atoms with Gasteiger partial charge in [0, 0.05) is 7.05 Å². The van der Waals surface area contributed by atoms with Crippen LogP contribution in [0.5, 0.6) is 0 Å². The zero-order chi connectivity index (χ0) is 13.7. The van der Waals surface area contributed by atoms with E-state index < -0.39 is 5.97 Å². The smallest absolute Gasteiger partial charge is 0.355 e. The summed E-state index contributed by atoms with van der Waals surface area (Å²) in [7, 11) is 1.70. The summed E-state index contributed by atoms with van der Waals surface area (Å²) in [5, 5.41) is 9.23. The van der Waals surface area contributed by atoms with E-state index >= 15 is 0 Å². The summed E-state index contributed by atoms with van der Waals surface area (Å²) >= 11 is 3.36. The minimum absolute atomic E-state index is 0.198. The van der Waals surface area contributed by atoms with Crippen LogP contribution in [0, 0.1) is 0 Å². The van der Waals surface area contributed by atoms with Gasteiger partial charge in [-0.15, -0.1) is 0 Å². The van der Waals surface area contributed by atoms with Crippen LogP contribution in [0.1, 0.15) is 23.0 Å². The number of carbonyl (C=O) groups is 1. The molecule has 6 heteroatoms. The van der Waals surface area contributed by atoms with Crippen LogP contribution in [0.2, 0.25) is 0 Å². The van der Waals surface area contributed by atoms with Crippen molar-refractivity contribution in [2.45, 2.75) is 13.3 Å². The van der Waals surface area contributed by atoms with Crippen LogP contribution in [-0.2, 0) is 13.5 Å². The first-order valence-corrected chi connectivity index (χ1v) is 6.72. The highest BCUT2D eigenvalue weighted by Gasteiger charge is 2.22. The van der Waals surface area contributed by atoms with Crippen molar-refractivity contribution in [1.82, 2.24) is 14.0 Å². The molecule has 0 radical (unpaired) electrons. The number of rotatable bonds is 2. The number of carboxylic acids is 1. The summed E-state index contributed by atoms with van der Waals surface area (Å²) in [4.78, 5) is 15.8. The Morgan fingerprint density at radius 3 is 2.84 bits per heavy atom. The van der Waals surface area contributed by atoms with Crippen molar-refractivity contribution in [3.63, 3.8) is 0 Å². The van der Waals surface area contributed by atoms with Gasteiger partial charge in [0.2, 0.25) is 5.78 Å². The van der Waals surface area contributed by atoms with Gasteiger partial charge >= 0.3 is 5.97 Å². The second-order valence-electron chi connectivity index (χ2n) is 4.43. The van der Waals surface area contributed by atoms with Gasteiger partial charge < -0.3 is 9.67 Å². The van der Waals surface area contributed by atoms with Gasteiger partial charge in [0.1, 0.15) is 4.60 Å². The van der Waals surface area contributed by atoms with E-state index in [0.717, 1.165) is 17.5 Å². The first kappa shape index (κ1) is 12.2. The Morgan fingerprint density at radius 2 is 2.21 bits per heavy atom. The number of nitrogens with zero attached hydrogens (tertiary/aromatic N) is 3. The molecule has 0 saturated heterocycles. The Balaban J connectivity index is 2.44. The van der Waals surface area contributed by atoms with Crippen molar-refractivity contribution >= 4 is 38.7 Å². The van der Waals surface area contributed by atoms with Crippen LogP contribution in [0.15, 0.2) is 22.8 Å². The minimum Gasteiger partial charge on any atom is -0.476 e. The number of benzene rings is 1.